The molecule has 1 atom stereocenters. The molecule has 2 heterocycles. The van der Waals surface area contributed by atoms with Gasteiger partial charge in [-0.05, 0) is 31.9 Å². The summed E-state index contributed by atoms with van der Waals surface area (Å²) in [5.41, 5.74) is 1.23. The van der Waals surface area contributed by atoms with E-state index in [-0.39, 0.29) is 12.0 Å². The van der Waals surface area contributed by atoms with E-state index in [2.05, 4.69) is 44.8 Å². The predicted octanol–water partition coefficient (Wildman–Crippen LogP) is 1.46. The molecule has 0 aromatic heterocycles. The second kappa shape index (κ2) is 10.9. The summed E-state index contributed by atoms with van der Waals surface area (Å²) in [6, 6.07) is 10.4. The number of nitrogens with zero attached hydrogens (tertiary/aromatic N) is 3. The number of anilines is 1. The maximum Gasteiger partial charge on any atom is 0.224 e. The van der Waals surface area contributed by atoms with E-state index in [1.807, 2.05) is 17.9 Å². The molecule has 0 saturated carbocycles. The van der Waals surface area contributed by atoms with Gasteiger partial charge in [-0.25, -0.2) is 0 Å². The Morgan fingerprint density at radius 1 is 1.18 bits per heavy atom. The summed E-state index contributed by atoms with van der Waals surface area (Å²) >= 11 is 0. The maximum absolute atomic E-state index is 12.5. The Morgan fingerprint density at radius 3 is 2.64 bits per heavy atom. The number of aliphatic imine (C=N–C) groups is 1. The van der Waals surface area contributed by atoms with Crippen LogP contribution in [-0.4, -0.2) is 75.3 Å². The number of ether oxygens (including phenoxy) is 1. The second-order valence-electron chi connectivity index (χ2n) is 7.23. The molecule has 0 spiro atoms. The molecule has 2 saturated heterocycles. The third kappa shape index (κ3) is 6.12. The molecule has 1 unspecified atom stereocenters. The van der Waals surface area contributed by atoms with Gasteiger partial charge in [-0.1, -0.05) is 18.2 Å². The number of hydrogen-bond acceptors (Lipinski definition) is 4. The number of carbonyl (C=O) groups is 1. The fourth-order valence-corrected chi connectivity index (χ4v) is 3.62. The van der Waals surface area contributed by atoms with Crippen molar-refractivity contribution in [3.05, 3.63) is 30.3 Å². The smallest absolute Gasteiger partial charge is 0.224 e. The summed E-state index contributed by atoms with van der Waals surface area (Å²) in [4.78, 5) is 21.4. The Bertz CT molecular complexity index is 623. The van der Waals surface area contributed by atoms with E-state index in [0.29, 0.717) is 19.5 Å². The normalized spacial score (nSPS) is 20.3. The molecule has 7 heteroatoms. The van der Waals surface area contributed by atoms with Crippen LogP contribution in [-0.2, 0) is 9.53 Å². The zero-order valence-electron chi connectivity index (χ0n) is 16.9. The number of piperazine rings is 1. The lowest BCUT2D eigenvalue weighted by Crippen LogP contribution is -2.49. The molecule has 28 heavy (non-hydrogen) atoms. The molecule has 1 amide bonds. The van der Waals surface area contributed by atoms with Crippen molar-refractivity contribution in [2.75, 3.05) is 57.3 Å². The molecule has 2 N–H and O–H groups in total. The van der Waals surface area contributed by atoms with Crippen LogP contribution in [0.1, 0.15) is 26.2 Å². The first-order chi connectivity index (χ1) is 13.8. The van der Waals surface area contributed by atoms with Gasteiger partial charge >= 0.3 is 0 Å². The Morgan fingerprint density at radius 2 is 1.96 bits per heavy atom. The Hall–Kier alpha value is -2.28. The van der Waals surface area contributed by atoms with Gasteiger partial charge in [0.15, 0.2) is 5.96 Å². The van der Waals surface area contributed by atoms with Gasteiger partial charge in [0.1, 0.15) is 0 Å². The molecular formula is C21H33N5O2. The van der Waals surface area contributed by atoms with E-state index in [1.165, 1.54) is 5.69 Å². The van der Waals surface area contributed by atoms with Gasteiger partial charge < -0.3 is 25.2 Å². The van der Waals surface area contributed by atoms with E-state index in [4.69, 9.17) is 4.74 Å². The van der Waals surface area contributed by atoms with Crippen molar-refractivity contribution in [1.29, 1.82) is 0 Å². The largest absolute Gasteiger partial charge is 0.376 e. The van der Waals surface area contributed by atoms with Crippen LogP contribution in [0.5, 0.6) is 0 Å². The average Bonchev–Trinajstić information content (AvgIpc) is 3.26. The summed E-state index contributed by atoms with van der Waals surface area (Å²) in [6.07, 6.45) is 2.92. The zero-order chi connectivity index (χ0) is 19.6. The summed E-state index contributed by atoms with van der Waals surface area (Å²) in [5.74, 6) is 0.967. The average molecular weight is 388 g/mol. The number of para-hydroxylation sites is 1. The number of hydrogen-bond donors (Lipinski definition) is 2. The van der Waals surface area contributed by atoms with Crippen LogP contribution in [0, 0.1) is 0 Å². The van der Waals surface area contributed by atoms with Crippen LogP contribution in [0.4, 0.5) is 5.69 Å². The van der Waals surface area contributed by atoms with Crippen molar-refractivity contribution in [1.82, 2.24) is 15.5 Å². The number of nitrogens with one attached hydrogen (secondary N) is 2. The first-order valence-electron chi connectivity index (χ1n) is 10.5. The van der Waals surface area contributed by atoms with E-state index in [1.54, 1.807) is 0 Å². The fourth-order valence-electron chi connectivity index (χ4n) is 3.62. The molecule has 154 valence electrons. The van der Waals surface area contributed by atoms with E-state index < -0.39 is 0 Å². The highest BCUT2D eigenvalue weighted by molar-refractivity contribution is 5.81. The molecule has 1 aromatic carbocycles. The number of carbonyl (C=O) groups excluding carboxylic acids is 1. The second-order valence-corrected chi connectivity index (χ2v) is 7.23. The highest BCUT2D eigenvalue weighted by Gasteiger charge is 2.21. The van der Waals surface area contributed by atoms with Crippen LogP contribution >= 0.6 is 0 Å². The van der Waals surface area contributed by atoms with Gasteiger partial charge in [0.2, 0.25) is 5.91 Å². The first kappa shape index (κ1) is 20.5. The van der Waals surface area contributed by atoms with Crippen molar-refractivity contribution in [2.24, 2.45) is 4.99 Å². The summed E-state index contributed by atoms with van der Waals surface area (Å²) in [6.45, 7) is 8.27. The summed E-state index contributed by atoms with van der Waals surface area (Å²) in [5, 5.41) is 6.51. The molecule has 0 bridgehead atoms. The molecule has 2 aliphatic rings. The van der Waals surface area contributed by atoms with Gasteiger partial charge in [0, 0.05) is 58.0 Å². The quantitative estimate of drug-likeness (QED) is 0.548. The third-order valence-electron chi connectivity index (χ3n) is 5.21. The third-order valence-corrected chi connectivity index (χ3v) is 5.21. The summed E-state index contributed by atoms with van der Waals surface area (Å²) in [7, 11) is 0. The molecule has 2 aliphatic heterocycles. The van der Waals surface area contributed by atoms with Crippen LogP contribution in [0.25, 0.3) is 0 Å². The highest BCUT2D eigenvalue weighted by atomic mass is 16.5. The lowest BCUT2D eigenvalue weighted by atomic mass is 10.2. The fraction of sp³-hybridized carbons (Fsp3) is 0.619. The number of amides is 1. The number of guanidine groups is 1. The first-order valence-corrected chi connectivity index (χ1v) is 10.5. The number of benzene rings is 1. The lowest BCUT2D eigenvalue weighted by Gasteiger charge is -2.36. The highest BCUT2D eigenvalue weighted by Crippen LogP contribution is 2.15. The van der Waals surface area contributed by atoms with Crippen molar-refractivity contribution in [2.45, 2.75) is 32.3 Å². The van der Waals surface area contributed by atoms with Crippen molar-refractivity contribution >= 4 is 17.6 Å². The van der Waals surface area contributed by atoms with Gasteiger partial charge in [0.05, 0.1) is 12.6 Å². The summed E-state index contributed by atoms with van der Waals surface area (Å²) < 4.78 is 5.62. The minimum Gasteiger partial charge on any atom is -0.376 e. The van der Waals surface area contributed by atoms with E-state index in [9.17, 15) is 4.79 Å². The minimum atomic E-state index is 0.204. The van der Waals surface area contributed by atoms with Crippen molar-refractivity contribution < 1.29 is 9.53 Å². The SMILES string of the molecule is CCNC(=NCC1CCCO1)NCCC(=O)N1CCN(c2ccccc2)CC1. The Balaban J connectivity index is 1.38. The molecule has 3 rings (SSSR count). The zero-order valence-corrected chi connectivity index (χ0v) is 16.9. The van der Waals surface area contributed by atoms with Crippen molar-refractivity contribution in [3.63, 3.8) is 0 Å². The van der Waals surface area contributed by atoms with Crippen molar-refractivity contribution in [3.8, 4) is 0 Å². The maximum atomic E-state index is 12.5. The molecule has 0 aliphatic carbocycles. The monoisotopic (exact) mass is 387 g/mol. The Labute approximate surface area is 168 Å². The van der Waals surface area contributed by atoms with Gasteiger partial charge in [-0.3, -0.25) is 9.79 Å². The molecule has 0 radical (unpaired) electrons. The predicted molar refractivity (Wildman–Crippen MR) is 113 cm³/mol. The van der Waals surface area contributed by atoms with Gasteiger partial charge in [-0.2, -0.15) is 0 Å². The van der Waals surface area contributed by atoms with Crippen LogP contribution < -0.4 is 15.5 Å². The molecule has 1 aromatic rings. The topological polar surface area (TPSA) is 69.2 Å². The molecule has 2 fully saturated rings. The lowest BCUT2D eigenvalue weighted by molar-refractivity contribution is -0.131. The molecular weight excluding hydrogens is 354 g/mol. The van der Waals surface area contributed by atoms with Crippen LogP contribution in [0.15, 0.2) is 35.3 Å². The minimum absolute atomic E-state index is 0.204. The van der Waals surface area contributed by atoms with E-state index in [0.717, 1.165) is 58.1 Å². The molecule has 7 nitrogen and oxygen atoms in total. The van der Waals surface area contributed by atoms with Crippen LogP contribution in [0.2, 0.25) is 0 Å². The van der Waals surface area contributed by atoms with Gasteiger partial charge in [0.25, 0.3) is 0 Å². The standard InChI is InChI=1S/C21H33N5O2/c1-2-22-21(24-17-19-9-6-16-28-19)23-11-10-20(27)26-14-12-25(13-15-26)18-7-4-3-5-8-18/h3-5,7-8,19H,2,6,9-17H2,1H3,(H2,22,23,24). The van der Waals surface area contributed by atoms with E-state index >= 15 is 0 Å². The Kier molecular flexibility index (Phi) is 7.96. The number of rotatable bonds is 7. The van der Waals surface area contributed by atoms with Crippen LogP contribution in [0.3, 0.4) is 0 Å². The van der Waals surface area contributed by atoms with Gasteiger partial charge in [-0.15, -0.1) is 0 Å².